The van der Waals surface area contributed by atoms with Crippen molar-refractivity contribution in [3.05, 3.63) is 0 Å². The third kappa shape index (κ3) is 3.44. The van der Waals surface area contributed by atoms with Gasteiger partial charge >= 0.3 is 60.3 Å². The second-order valence-electron chi connectivity index (χ2n) is 1.19. The predicted octanol–water partition coefficient (Wildman–Crippen LogP) is 0.173. The average Bonchev–Trinajstić information content (AvgIpc) is 1.65. The molecule has 32 valence electrons. The molecule has 0 rings (SSSR count). The molecule has 1 N–H and O–H groups in total. The molecular formula is C3H6ClNaO. The van der Waals surface area contributed by atoms with Crippen LogP contribution in [0, 0.1) is 0 Å². The van der Waals surface area contributed by atoms with Crippen LogP contribution in [-0.2, 0) is 0 Å². The number of hydrogen-bond acceptors (Lipinski definition) is 1. The van der Waals surface area contributed by atoms with Crippen LogP contribution in [0.4, 0.5) is 0 Å². The van der Waals surface area contributed by atoms with E-state index in [1.54, 1.807) is 0 Å². The molecule has 0 saturated carbocycles. The molecule has 0 heterocycles. The summed E-state index contributed by atoms with van der Waals surface area (Å²) < 4.78 is 0.984. The Kier molecular flexibility index (Phi) is 5.33. The molecule has 0 aromatic carbocycles. The van der Waals surface area contributed by atoms with Crippen LogP contribution >= 0.6 is 11.6 Å². The van der Waals surface area contributed by atoms with Gasteiger partial charge in [-0.15, -0.1) is 0 Å². The van der Waals surface area contributed by atoms with Crippen molar-refractivity contribution in [3.8, 4) is 0 Å². The molecule has 0 fully saturated rings. The van der Waals surface area contributed by atoms with Crippen molar-refractivity contribution in [2.24, 2.45) is 0 Å². The van der Waals surface area contributed by atoms with Gasteiger partial charge in [0.2, 0.25) is 0 Å². The summed E-state index contributed by atoms with van der Waals surface area (Å²) in [4.78, 5) is 0. The van der Waals surface area contributed by atoms with Gasteiger partial charge in [0.05, 0.1) is 0 Å². The first-order chi connectivity index (χ1) is 2.81. The number of aliphatic hydroxyl groups is 1. The van der Waals surface area contributed by atoms with Crippen molar-refractivity contribution in [1.82, 2.24) is 0 Å². The van der Waals surface area contributed by atoms with E-state index in [9.17, 15) is 0 Å². The third-order valence-corrected chi connectivity index (χ3v) is 2.59. The minimum atomic E-state index is 0.0247. The summed E-state index contributed by atoms with van der Waals surface area (Å²) >= 11 is 6.52. The van der Waals surface area contributed by atoms with E-state index in [-0.39, 0.29) is 12.0 Å². The van der Waals surface area contributed by atoms with Gasteiger partial charge in [-0.1, -0.05) is 0 Å². The monoisotopic (exact) mass is 116 g/mol. The molecule has 3 heteroatoms. The molecule has 0 bridgehead atoms. The standard InChI is InChI=1S/C3H6ClO.Na/c1-3(4)2-5;/h3,5H,1-2H2;. The van der Waals surface area contributed by atoms with E-state index in [2.05, 4.69) is 0 Å². The van der Waals surface area contributed by atoms with E-state index in [4.69, 9.17) is 16.7 Å². The molecule has 0 aliphatic carbocycles. The number of aliphatic hydroxyl groups excluding tert-OH is 1. The van der Waals surface area contributed by atoms with Crippen molar-refractivity contribution < 1.29 is 5.11 Å². The predicted molar refractivity (Wildman–Crippen MR) is 27.3 cm³/mol. The van der Waals surface area contributed by atoms with Gasteiger partial charge in [0.1, 0.15) is 0 Å². The van der Waals surface area contributed by atoms with Gasteiger partial charge in [-0.3, -0.25) is 0 Å². The van der Waals surface area contributed by atoms with Crippen molar-refractivity contribution in [2.75, 3.05) is 6.61 Å². The molecule has 0 radical (unpaired) electrons. The molecule has 1 unspecified atom stereocenters. The van der Waals surface area contributed by atoms with E-state index in [0.717, 1.165) is 31.6 Å². The first-order valence-corrected chi connectivity index (χ1v) is 3.91. The Balaban J connectivity index is 2.75. The van der Waals surface area contributed by atoms with Gasteiger partial charge in [-0.25, -0.2) is 0 Å². The fraction of sp³-hybridized carbons (Fsp3) is 1.00. The Morgan fingerprint density at radius 1 is 1.83 bits per heavy atom. The summed E-state index contributed by atoms with van der Waals surface area (Å²) in [6.07, 6.45) is 0. The third-order valence-electron chi connectivity index (χ3n) is 0.641. The van der Waals surface area contributed by atoms with Gasteiger partial charge in [0.15, 0.2) is 0 Å². The Hall–Kier alpha value is 1.25. The fourth-order valence-electron chi connectivity index (χ4n) is 0.129. The first-order valence-electron chi connectivity index (χ1n) is 2.06. The number of rotatable bonds is 2. The van der Waals surface area contributed by atoms with Crippen molar-refractivity contribution in [3.63, 3.8) is 0 Å². The van der Waals surface area contributed by atoms with Crippen LogP contribution in [0.5, 0.6) is 0 Å². The SMILES string of the molecule is OCC(Cl)[CH2][Na]. The molecule has 0 spiro atoms. The van der Waals surface area contributed by atoms with Crippen LogP contribution in [-0.4, -0.2) is 45.0 Å². The normalized spacial score (nSPS) is 14.7. The molecule has 0 aliphatic rings. The second-order valence-corrected chi connectivity index (χ2v) is 2.62. The summed E-state index contributed by atoms with van der Waals surface area (Å²) in [6, 6.07) is 0. The van der Waals surface area contributed by atoms with Crippen LogP contribution in [0.25, 0.3) is 0 Å². The molecule has 6 heavy (non-hydrogen) atoms. The molecular weight excluding hydrogens is 110 g/mol. The Bertz CT molecular complexity index is 30.0. The molecule has 0 saturated heterocycles. The summed E-state index contributed by atoms with van der Waals surface area (Å²) in [5, 5.41) is 8.25. The van der Waals surface area contributed by atoms with Crippen LogP contribution in [0.2, 0.25) is 3.67 Å². The van der Waals surface area contributed by atoms with Crippen LogP contribution < -0.4 is 0 Å². The van der Waals surface area contributed by atoms with Crippen molar-refractivity contribution in [2.45, 2.75) is 9.05 Å². The first kappa shape index (κ1) is 7.25. The number of hydrogen-bond donors (Lipinski definition) is 1. The van der Waals surface area contributed by atoms with Gasteiger partial charge in [-0.2, -0.15) is 0 Å². The molecule has 1 nitrogen and oxygen atoms in total. The van der Waals surface area contributed by atoms with Crippen LogP contribution in [0.3, 0.4) is 0 Å². The van der Waals surface area contributed by atoms with Crippen molar-refractivity contribution in [1.29, 1.82) is 0 Å². The van der Waals surface area contributed by atoms with Gasteiger partial charge < -0.3 is 0 Å². The summed E-state index contributed by atoms with van der Waals surface area (Å²) in [5.74, 6) is 0. The Morgan fingerprint density at radius 3 is 2.33 bits per heavy atom. The van der Waals surface area contributed by atoms with E-state index in [1.807, 2.05) is 0 Å². The Morgan fingerprint density at radius 2 is 2.33 bits per heavy atom. The zero-order chi connectivity index (χ0) is 4.99. The van der Waals surface area contributed by atoms with E-state index >= 15 is 0 Å². The molecule has 0 aromatic rings. The molecule has 1 atom stereocenters. The topological polar surface area (TPSA) is 20.2 Å². The summed E-state index contributed by atoms with van der Waals surface area (Å²) in [7, 11) is 0. The molecule has 0 aliphatic heterocycles. The average molecular weight is 117 g/mol. The van der Waals surface area contributed by atoms with Crippen LogP contribution in [0.1, 0.15) is 0 Å². The van der Waals surface area contributed by atoms with E-state index < -0.39 is 0 Å². The second kappa shape index (κ2) is 4.41. The zero-order valence-corrected chi connectivity index (χ0v) is 6.57. The Labute approximate surface area is 60.1 Å². The summed E-state index contributed by atoms with van der Waals surface area (Å²) in [5.41, 5.74) is 0. The maximum atomic E-state index is 8.23. The molecule has 0 amide bonds. The quantitative estimate of drug-likeness (QED) is 0.403. The maximum absolute atomic E-state index is 8.23. The van der Waals surface area contributed by atoms with Gasteiger partial charge in [0.25, 0.3) is 0 Å². The summed E-state index contributed by atoms with van der Waals surface area (Å²) in [6.45, 7) is 0.130. The fourth-order valence-corrected chi connectivity index (χ4v) is 0.387. The van der Waals surface area contributed by atoms with Gasteiger partial charge in [-0.05, 0) is 0 Å². The zero-order valence-electron chi connectivity index (χ0n) is 3.82. The number of halogens is 1. The van der Waals surface area contributed by atoms with Crippen LogP contribution in [0.15, 0.2) is 0 Å². The van der Waals surface area contributed by atoms with E-state index in [1.165, 1.54) is 0 Å². The minimum absolute atomic E-state index is 0.0247. The number of alkyl halides is 1. The molecule has 0 aromatic heterocycles. The van der Waals surface area contributed by atoms with E-state index in [0.29, 0.717) is 0 Å². The van der Waals surface area contributed by atoms with Gasteiger partial charge in [0, 0.05) is 0 Å². The van der Waals surface area contributed by atoms with Crippen molar-refractivity contribution >= 4 is 39.5 Å².